The highest BCUT2D eigenvalue weighted by atomic mass is 16.3. The number of hydrogen-bond donors (Lipinski definition) is 1. The molecule has 0 saturated carbocycles. The summed E-state index contributed by atoms with van der Waals surface area (Å²) in [7, 11) is 0. The summed E-state index contributed by atoms with van der Waals surface area (Å²) in [5.74, 6) is 0.318. The van der Waals surface area contributed by atoms with Crippen LogP contribution in [0.3, 0.4) is 0 Å². The number of hydrogen-bond acceptors (Lipinski definition) is 3. The fourth-order valence-corrected chi connectivity index (χ4v) is 2.44. The molecule has 1 saturated heterocycles. The average Bonchev–Trinajstić information content (AvgIpc) is 2.61. The Bertz CT molecular complexity index is 292. The van der Waals surface area contributed by atoms with Gasteiger partial charge in [0, 0.05) is 32.1 Å². The number of nitrogens with zero attached hydrogens (tertiary/aromatic N) is 2. The average molecular weight is 268 g/mol. The van der Waals surface area contributed by atoms with Crippen molar-refractivity contribution < 1.29 is 9.90 Å². The van der Waals surface area contributed by atoms with Gasteiger partial charge in [-0.3, -0.25) is 9.69 Å². The van der Waals surface area contributed by atoms with Gasteiger partial charge in [-0.2, -0.15) is 0 Å². The molecular weight excluding hydrogens is 240 g/mol. The lowest BCUT2D eigenvalue weighted by atomic mass is 10.2. The first kappa shape index (κ1) is 16.2. The van der Waals surface area contributed by atoms with Crippen LogP contribution < -0.4 is 0 Å². The van der Waals surface area contributed by atoms with Crippen LogP contribution in [0, 0.1) is 5.92 Å². The Morgan fingerprint density at radius 1 is 1.32 bits per heavy atom. The highest BCUT2D eigenvalue weighted by Crippen LogP contribution is 2.09. The number of carbonyl (C=O) groups is 1. The minimum atomic E-state index is -0.287. The quantitative estimate of drug-likeness (QED) is 0.743. The second-order valence-corrected chi connectivity index (χ2v) is 5.65. The van der Waals surface area contributed by atoms with E-state index in [2.05, 4.69) is 11.5 Å². The van der Waals surface area contributed by atoms with Crippen molar-refractivity contribution in [1.82, 2.24) is 9.80 Å². The van der Waals surface area contributed by atoms with Gasteiger partial charge in [0.05, 0.1) is 6.10 Å². The fourth-order valence-electron chi connectivity index (χ4n) is 2.44. The number of amides is 1. The number of β-amino-alcohol motifs (C(OH)–C–C–N with tert-alkyl or cyclic N) is 1. The minimum absolute atomic E-state index is 0.0738. The molecule has 110 valence electrons. The zero-order valence-electron chi connectivity index (χ0n) is 12.3. The predicted molar refractivity (Wildman–Crippen MR) is 77.9 cm³/mol. The third-order valence-electron chi connectivity index (χ3n) is 3.57. The molecule has 1 aliphatic heterocycles. The van der Waals surface area contributed by atoms with Crippen LogP contribution in [0.5, 0.6) is 0 Å². The summed E-state index contributed by atoms with van der Waals surface area (Å²) in [4.78, 5) is 16.2. The Labute approximate surface area is 117 Å². The maximum absolute atomic E-state index is 12.0. The zero-order valence-corrected chi connectivity index (χ0v) is 12.3. The molecule has 1 heterocycles. The third-order valence-corrected chi connectivity index (χ3v) is 3.57. The van der Waals surface area contributed by atoms with Crippen molar-refractivity contribution >= 4 is 5.91 Å². The van der Waals surface area contributed by atoms with Crippen molar-refractivity contribution in [3.05, 3.63) is 12.7 Å². The van der Waals surface area contributed by atoms with Gasteiger partial charge in [-0.15, -0.1) is 6.58 Å². The van der Waals surface area contributed by atoms with E-state index in [-0.39, 0.29) is 17.9 Å². The SMILES string of the molecule is C=CCC[C@@H](O)CN1CCCN(C(=O)C(C)C)CC1. The first-order chi connectivity index (χ1) is 9.04. The summed E-state index contributed by atoms with van der Waals surface area (Å²) in [6.07, 6.45) is 4.17. The second kappa shape index (κ2) is 8.33. The first-order valence-corrected chi connectivity index (χ1v) is 7.34. The van der Waals surface area contributed by atoms with Gasteiger partial charge < -0.3 is 10.0 Å². The molecule has 1 N–H and O–H groups in total. The smallest absolute Gasteiger partial charge is 0.225 e. The number of rotatable bonds is 6. The second-order valence-electron chi connectivity index (χ2n) is 5.65. The Morgan fingerprint density at radius 3 is 2.68 bits per heavy atom. The first-order valence-electron chi connectivity index (χ1n) is 7.34. The van der Waals surface area contributed by atoms with Crippen molar-refractivity contribution in [3.63, 3.8) is 0 Å². The summed E-state index contributed by atoms with van der Waals surface area (Å²) in [5, 5.41) is 9.92. The lowest BCUT2D eigenvalue weighted by Crippen LogP contribution is -2.39. The van der Waals surface area contributed by atoms with Crippen LogP contribution in [-0.4, -0.2) is 59.6 Å². The third kappa shape index (κ3) is 5.74. The van der Waals surface area contributed by atoms with E-state index in [0.717, 1.165) is 45.4 Å². The monoisotopic (exact) mass is 268 g/mol. The fraction of sp³-hybridized carbons (Fsp3) is 0.800. The lowest BCUT2D eigenvalue weighted by Gasteiger charge is -2.24. The molecule has 0 aromatic rings. The number of aliphatic hydroxyl groups excluding tert-OH is 1. The maximum atomic E-state index is 12.0. The minimum Gasteiger partial charge on any atom is -0.392 e. The maximum Gasteiger partial charge on any atom is 0.225 e. The molecule has 0 radical (unpaired) electrons. The van der Waals surface area contributed by atoms with Gasteiger partial charge in [-0.25, -0.2) is 0 Å². The van der Waals surface area contributed by atoms with E-state index >= 15 is 0 Å². The Kier molecular flexibility index (Phi) is 7.10. The number of aliphatic hydroxyl groups is 1. The van der Waals surface area contributed by atoms with Gasteiger partial charge in [0.25, 0.3) is 0 Å². The summed E-state index contributed by atoms with van der Waals surface area (Å²) >= 11 is 0. The number of allylic oxidation sites excluding steroid dienone is 1. The highest BCUT2D eigenvalue weighted by Gasteiger charge is 2.21. The normalized spacial score (nSPS) is 19.3. The summed E-state index contributed by atoms with van der Waals surface area (Å²) in [5.41, 5.74) is 0. The molecule has 4 nitrogen and oxygen atoms in total. The molecule has 1 rings (SSSR count). The predicted octanol–water partition coefficient (Wildman–Crippen LogP) is 1.50. The lowest BCUT2D eigenvalue weighted by molar-refractivity contribution is -0.134. The van der Waals surface area contributed by atoms with E-state index in [1.54, 1.807) is 0 Å². The topological polar surface area (TPSA) is 43.8 Å². The van der Waals surface area contributed by atoms with E-state index < -0.39 is 0 Å². The van der Waals surface area contributed by atoms with Gasteiger partial charge in [0.2, 0.25) is 5.91 Å². The van der Waals surface area contributed by atoms with Crippen LogP contribution in [0.2, 0.25) is 0 Å². The van der Waals surface area contributed by atoms with Crippen LogP contribution in [0.4, 0.5) is 0 Å². The van der Waals surface area contributed by atoms with Gasteiger partial charge in [-0.1, -0.05) is 19.9 Å². The molecule has 19 heavy (non-hydrogen) atoms. The zero-order chi connectivity index (χ0) is 14.3. The highest BCUT2D eigenvalue weighted by molar-refractivity contribution is 5.78. The molecule has 4 heteroatoms. The Balaban J connectivity index is 2.37. The van der Waals surface area contributed by atoms with Crippen LogP contribution in [-0.2, 0) is 4.79 Å². The molecule has 1 atom stereocenters. The van der Waals surface area contributed by atoms with E-state index in [1.807, 2.05) is 24.8 Å². The summed E-state index contributed by atoms with van der Waals surface area (Å²) in [6.45, 7) is 11.7. The van der Waals surface area contributed by atoms with Crippen LogP contribution >= 0.6 is 0 Å². The van der Waals surface area contributed by atoms with Crippen LogP contribution in [0.1, 0.15) is 33.1 Å². The largest absolute Gasteiger partial charge is 0.392 e. The van der Waals surface area contributed by atoms with Gasteiger partial charge in [-0.05, 0) is 25.8 Å². The van der Waals surface area contributed by atoms with Gasteiger partial charge >= 0.3 is 0 Å². The summed E-state index contributed by atoms with van der Waals surface area (Å²) < 4.78 is 0. The van der Waals surface area contributed by atoms with Crippen molar-refractivity contribution in [2.75, 3.05) is 32.7 Å². The van der Waals surface area contributed by atoms with Crippen LogP contribution in [0.25, 0.3) is 0 Å². The molecule has 1 fully saturated rings. The molecule has 1 aliphatic rings. The van der Waals surface area contributed by atoms with E-state index in [4.69, 9.17) is 0 Å². The molecule has 0 aromatic heterocycles. The van der Waals surface area contributed by atoms with Gasteiger partial charge in [0.15, 0.2) is 0 Å². The molecule has 0 aromatic carbocycles. The van der Waals surface area contributed by atoms with Crippen molar-refractivity contribution in [3.8, 4) is 0 Å². The standard InChI is InChI=1S/C15H28N2O2/c1-4-5-7-14(18)12-16-8-6-9-17(11-10-16)15(19)13(2)3/h4,13-14,18H,1,5-12H2,2-3H3/t14-/m1/s1. The van der Waals surface area contributed by atoms with E-state index in [1.165, 1.54) is 0 Å². The molecule has 0 bridgehead atoms. The molecule has 0 spiro atoms. The van der Waals surface area contributed by atoms with Gasteiger partial charge in [0.1, 0.15) is 0 Å². The molecular formula is C15H28N2O2. The molecule has 0 unspecified atom stereocenters. The number of carbonyl (C=O) groups excluding carboxylic acids is 1. The van der Waals surface area contributed by atoms with Crippen molar-refractivity contribution in [2.24, 2.45) is 5.92 Å². The van der Waals surface area contributed by atoms with E-state index in [9.17, 15) is 9.90 Å². The Hall–Kier alpha value is -0.870. The summed E-state index contributed by atoms with van der Waals surface area (Å²) in [6, 6.07) is 0. The van der Waals surface area contributed by atoms with Crippen molar-refractivity contribution in [2.45, 2.75) is 39.2 Å². The molecule has 1 amide bonds. The molecule has 0 aliphatic carbocycles. The van der Waals surface area contributed by atoms with Crippen molar-refractivity contribution in [1.29, 1.82) is 0 Å². The Morgan fingerprint density at radius 2 is 2.05 bits per heavy atom. The van der Waals surface area contributed by atoms with Crippen LogP contribution in [0.15, 0.2) is 12.7 Å². The van der Waals surface area contributed by atoms with E-state index in [0.29, 0.717) is 6.54 Å².